The van der Waals surface area contributed by atoms with Crippen molar-refractivity contribution in [3.8, 4) is 0 Å². The maximum absolute atomic E-state index is 13.6. The number of rotatable bonds is 6. The summed E-state index contributed by atoms with van der Waals surface area (Å²) in [6.07, 6.45) is 9.01. The smallest absolute Gasteiger partial charge is 0.124 e. The van der Waals surface area contributed by atoms with Crippen LogP contribution in [0, 0.1) is 11.7 Å². The van der Waals surface area contributed by atoms with Crippen LogP contribution in [0.4, 0.5) is 4.39 Å². The predicted octanol–water partition coefficient (Wildman–Crippen LogP) is 5.60. The van der Waals surface area contributed by atoms with E-state index in [9.17, 15) is 4.39 Å². The number of halogens is 2. The van der Waals surface area contributed by atoms with Gasteiger partial charge in [0.25, 0.3) is 0 Å². The third-order valence-corrected chi connectivity index (χ3v) is 4.68. The third kappa shape index (κ3) is 4.85. The zero-order valence-corrected chi connectivity index (χ0v) is 13.9. The fraction of sp³-hybridized carbons (Fsp3) is 0.647. The molecule has 1 aromatic carbocycles. The molecule has 0 aliphatic heterocycles. The van der Waals surface area contributed by atoms with Crippen molar-refractivity contribution in [3.05, 3.63) is 34.1 Å². The van der Waals surface area contributed by atoms with Gasteiger partial charge in [-0.25, -0.2) is 4.39 Å². The molecule has 0 heterocycles. The zero-order valence-electron chi connectivity index (χ0n) is 12.3. The van der Waals surface area contributed by atoms with Crippen molar-refractivity contribution >= 4 is 15.9 Å². The zero-order chi connectivity index (χ0) is 14.4. The first-order valence-electron chi connectivity index (χ1n) is 7.88. The Balaban J connectivity index is 2.08. The Labute approximate surface area is 130 Å². The van der Waals surface area contributed by atoms with Crippen LogP contribution in [-0.2, 0) is 0 Å². The van der Waals surface area contributed by atoms with Crippen molar-refractivity contribution in [2.45, 2.75) is 57.9 Å². The molecule has 1 aliphatic rings. The molecule has 1 aliphatic carbocycles. The summed E-state index contributed by atoms with van der Waals surface area (Å²) < 4.78 is 14.5. The molecule has 3 heteroatoms. The van der Waals surface area contributed by atoms with E-state index >= 15 is 0 Å². The highest BCUT2D eigenvalue weighted by molar-refractivity contribution is 9.10. The Bertz CT molecular complexity index is 395. The molecule has 1 fully saturated rings. The lowest BCUT2D eigenvalue weighted by molar-refractivity contribution is 0.299. The first-order chi connectivity index (χ1) is 9.69. The Hall–Kier alpha value is -0.410. The van der Waals surface area contributed by atoms with Crippen molar-refractivity contribution in [2.24, 2.45) is 5.92 Å². The van der Waals surface area contributed by atoms with Crippen LogP contribution in [0.3, 0.4) is 0 Å². The largest absolute Gasteiger partial charge is 0.310 e. The number of hydrogen-bond acceptors (Lipinski definition) is 1. The van der Waals surface area contributed by atoms with Crippen molar-refractivity contribution in [1.82, 2.24) is 5.32 Å². The van der Waals surface area contributed by atoms with E-state index < -0.39 is 0 Å². The molecule has 0 amide bonds. The van der Waals surface area contributed by atoms with Gasteiger partial charge < -0.3 is 5.32 Å². The quantitative estimate of drug-likeness (QED) is 0.710. The minimum Gasteiger partial charge on any atom is -0.310 e. The molecule has 1 atom stereocenters. The summed E-state index contributed by atoms with van der Waals surface area (Å²) >= 11 is 3.41. The van der Waals surface area contributed by atoms with Crippen LogP contribution in [0.1, 0.15) is 63.5 Å². The molecule has 1 nitrogen and oxygen atoms in total. The summed E-state index contributed by atoms with van der Waals surface area (Å²) in [6.45, 7) is 3.16. The average molecular weight is 342 g/mol. The van der Waals surface area contributed by atoms with E-state index in [4.69, 9.17) is 0 Å². The molecular formula is C17H25BrFN. The standard InChI is InChI=1S/C17H25BrFN/c1-2-8-20-17(9-13-6-4-3-5-7-13)14-10-15(18)12-16(19)11-14/h10-13,17,20H,2-9H2,1H3. The van der Waals surface area contributed by atoms with Crippen LogP contribution in [0.25, 0.3) is 0 Å². The van der Waals surface area contributed by atoms with Crippen LogP contribution in [0.5, 0.6) is 0 Å². The van der Waals surface area contributed by atoms with Crippen LogP contribution in [0.2, 0.25) is 0 Å². The molecule has 0 bridgehead atoms. The average Bonchev–Trinajstić information content (AvgIpc) is 2.43. The molecule has 112 valence electrons. The highest BCUT2D eigenvalue weighted by Gasteiger charge is 2.20. The molecule has 20 heavy (non-hydrogen) atoms. The van der Waals surface area contributed by atoms with Crippen LogP contribution >= 0.6 is 15.9 Å². The van der Waals surface area contributed by atoms with E-state index in [0.29, 0.717) is 0 Å². The van der Waals surface area contributed by atoms with Crippen molar-refractivity contribution in [1.29, 1.82) is 0 Å². The number of nitrogens with one attached hydrogen (secondary N) is 1. The van der Waals surface area contributed by atoms with Gasteiger partial charge in [0.15, 0.2) is 0 Å². The molecule has 1 saturated carbocycles. The summed E-state index contributed by atoms with van der Waals surface area (Å²) in [7, 11) is 0. The molecule has 1 N–H and O–H groups in total. The van der Waals surface area contributed by atoms with Gasteiger partial charge in [0.2, 0.25) is 0 Å². The Morgan fingerprint density at radius 2 is 2.00 bits per heavy atom. The molecule has 0 aromatic heterocycles. The second kappa shape index (κ2) is 8.14. The number of hydrogen-bond donors (Lipinski definition) is 1. The molecule has 0 radical (unpaired) electrons. The van der Waals surface area contributed by atoms with Gasteiger partial charge in [0.05, 0.1) is 0 Å². The highest BCUT2D eigenvalue weighted by atomic mass is 79.9. The second-order valence-corrected chi connectivity index (χ2v) is 6.86. The predicted molar refractivity (Wildman–Crippen MR) is 86.3 cm³/mol. The van der Waals surface area contributed by atoms with Gasteiger partial charge in [-0.15, -0.1) is 0 Å². The maximum atomic E-state index is 13.6. The molecule has 1 aromatic rings. The van der Waals surface area contributed by atoms with E-state index in [1.165, 1.54) is 38.2 Å². The Kier molecular flexibility index (Phi) is 6.50. The normalized spacial score (nSPS) is 18.1. The summed E-state index contributed by atoms with van der Waals surface area (Å²) in [6, 6.07) is 5.55. The van der Waals surface area contributed by atoms with Gasteiger partial charge in [0, 0.05) is 10.5 Å². The van der Waals surface area contributed by atoms with Gasteiger partial charge in [-0.2, -0.15) is 0 Å². The van der Waals surface area contributed by atoms with E-state index in [1.54, 1.807) is 6.07 Å². The molecule has 2 rings (SSSR count). The van der Waals surface area contributed by atoms with E-state index in [-0.39, 0.29) is 11.9 Å². The first kappa shape index (κ1) is 16.0. The van der Waals surface area contributed by atoms with Crippen LogP contribution in [-0.4, -0.2) is 6.54 Å². The molecule has 0 spiro atoms. The third-order valence-electron chi connectivity index (χ3n) is 4.22. The van der Waals surface area contributed by atoms with E-state index in [2.05, 4.69) is 34.2 Å². The molecule has 0 saturated heterocycles. The van der Waals surface area contributed by atoms with Gasteiger partial charge in [-0.3, -0.25) is 0 Å². The topological polar surface area (TPSA) is 12.0 Å². The monoisotopic (exact) mass is 341 g/mol. The number of benzene rings is 1. The van der Waals surface area contributed by atoms with E-state index in [1.807, 2.05) is 0 Å². The van der Waals surface area contributed by atoms with E-state index in [0.717, 1.165) is 35.3 Å². The first-order valence-corrected chi connectivity index (χ1v) is 8.67. The van der Waals surface area contributed by atoms with Gasteiger partial charge in [-0.1, -0.05) is 55.0 Å². The maximum Gasteiger partial charge on any atom is 0.124 e. The van der Waals surface area contributed by atoms with Gasteiger partial charge >= 0.3 is 0 Å². The Morgan fingerprint density at radius 3 is 2.65 bits per heavy atom. The molecular weight excluding hydrogens is 317 g/mol. The van der Waals surface area contributed by atoms with Crippen molar-refractivity contribution in [2.75, 3.05) is 6.54 Å². The van der Waals surface area contributed by atoms with Crippen LogP contribution < -0.4 is 5.32 Å². The summed E-state index contributed by atoms with van der Waals surface area (Å²) in [4.78, 5) is 0. The lowest BCUT2D eigenvalue weighted by Gasteiger charge is -2.27. The highest BCUT2D eigenvalue weighted by Crippen LogP contribution is 2.33. The van der Waals surface area contributed by atoms with Crippen molar-refractivity contribution < 1.29 is 4.39 Å². The lowest BCUT2D eigenvalue weighted by Crippen LogP contribution is -2.25. The fourth-order valence-corrected chi connectivity index (χ4v) is 3.67. The SMILES string of the molecule is CCCNC(CC1CCCCC1)c1cc(F)cc(Br)c1. The minimum atomic E-state index is -0.152. The Morgan fingerprint density at radius 1 is 1.25 bits per heavy atom. The summed E-state index contributed by atoms with van der Waals surface area (Å²) in [5, 5.41) is 3.60. The fourth-order valence-electron chi connectivity index (χ4n) is 3.19. The second-order valence-electron chi connectivity index (χ2n) is 5.95. The summed E-state index contributed by atoms with van der Waals surface area (Å²) in [5.41, 5.74) is 1.08. The van der Waals surface area contributed by atoms with Gasteiger partial charge in [0.1, 0.15) is 5.82 Å². The van der Waals surface area contributed by atoms with Gasteiger partial charge in [-0.05, 0) is 49.1 Å². The minimum absolute atomic E-state index is 0.152. The molecule has 1 unspecified atom stereocenters. The summed E-state index contributed by atoms with van der Waals surface area (Å²) in [5.74, 6) is 0.640. The lowest BCUT2D eigenvalue weighted by atomic mass is 9.83. The van der Waals surface area contributed by atoms with Crippen LogP contribution in [0.15, 0.2) is 22.7 Å². The van der Waals surface area contributed by atoms with Crippen molar-refractivity contribution in [3.63, 3.8) is 0 Å².